The van der Waals surface area contributed by atoms with Crippen LogP contribution in [0.5, 0.6) is 0 Å². The predicted molar refractivity (Wildman–Crippen MR) is 76.7 cm³/mol. The number of alkyl halides is 1. The summed E-state index contributed by atoms with van der Waals surface area (Å²) in [7, 11) is 0. The molecule has 0 amide bonds. The first-order chi connectivity index (χ1) is 8.11. The van der Waals surface area contributed by atoms with Gasteiger partial charge in [0.1, 0.15) is 5.82 Å². The van der Waals surface area contributed by atoms with Crippen LogP contribution in [0.1, 0.15) is 32.3 Å². The molecule has 0 N–H and O–H groups in total. The van der Waals surface area contributed by atoms with Crippen LogP contribution in [0.2, 0.25) is 0 Å². The normalized spacial score (nSPS) is 25.1. The standard InChI is InChI=1S/C13H18BrClN2/c1-9-3-4-17(10(2)5-9)13-11(7-15)6-12(14)8-16-13/h6,8-10H,3-5,7H2,1-2H3. The van der Waals surface area contributed by atoms with Crippen molar-refractivity contribution in [2.24, 2.45) is 5.92 Å². The zero-order valence-electron chi connectivity index (χ0n) is 10.3. The minimum Gasteiger partial charge on any atom is -0.354 e. The van der Waals surface area contributed by atoms with E-state index in [0.717, 1.165) is 28.3 Å². The van der Waals surface area contributed by atoms with Gasteiger partial charge >= 0.3 is 0 Å². The molecule has 0 spiro atoms. The lowest BCUT2D eigenvalue weighted by atomic mass is 9.93. The summed E-state index contributed by atoms with van der Waals surface area (Å²) in [5, 5.41) is 0. The fourth-order valence-corrected chi connectivity index (χ4v) is 3.13. The Labute approximate surface area is 116 Å². The number of hydrogen-bond donors (Lipinski definition) is 0. The van der Waals surface area contributed by atoms with Crippen LogP contribution < -0.4 is 4.90 Å². The summed E-state index contributed by atoms with van der Waals surface area (Å²) in [5.74, 6) is 2.39. The molecular weight excluding hydrogens is 300 g/mol. The second kappa shape index (κ2) is 5.57. The maximum absolute atomic E-state index is 6.01. The Kier molecular flexibility index (Phi) is 4.31. The van der Waals surface area contributed by atoms with E-state index >= 15 is 0 Å². The highest BCUT2D eigenvalue weighted by molar-refractivity contribution is 9.10. The van der Waals surface area contributed by atoms with Gasteiger partial charge in [0.2, 0.25) is 0 Å². The molecule has 1 saturated heterocycles. The molecule has 2 atom stereocenters. The van der Waals surface area contributed by atoms with Crippen molar-refractivity contribution in [1.82, 2.24) is 4.98 Å². The summed E-state index contributed by atoms with van der Waals surface area (Å²) in [6, 6.07) is 2.62. The van der Waals surface area contributed by atoms with Crippen LogP contribution in [-0.2, 0) is 5.88 Å². The van der Waals surface area contributed by atoms with Crippen LogP contribution in [0.25, 0.3) is 0 Å². The van der Waals surface area contributed by atoms with Gasteiger partial charge in [0.25, 0.3) is 0 Å². The lowest BCUT2D eigenvalue weighted by molar-refractivity contribution is 0.375. The van der Waals surface area contributed by atoms with Crippen LogP contribution in [0, 0.1) is 5.92 Å². The summed E-state index contributed by atoms with van der Waals surface area (Å²) in [5.41, 5.74) is 1.11. The van der Waals surface area contributed by atoms with Gasteiger partial charge in [0, 0.05) is 28.8 Å². The molecule has 0 saturated carbocycles. The van der Waals surface area contributed by atoms with Gasteiger partial charge in [-0.05, 0) is 47.7 Å². The Bertz CT molecular complexity index is 397. The molecule has 94 valence electrons. The number of piperidine rings is 1. The zero-order valence-corrected chi connectivity index (χ0v) is 12.6. The monoisotopic (exact) mass is 316 g/mol. The van der Waals surface area contributed by atoms with Crippen molar-refractivity contribution in [2.45, 2.75) is 38.6 Å². The van der Waals surface area contributed by atoms with Gasteiger partial charge in [-0.2, -0.15) is 0 Å². The van der Waals surface area contributed by atoms with Crippen LogP contribution in [-0.4, -0.2) is 17.6 Å². The molecule has 0 aromatic carbocycles. The first kappa shape index (κ1) is 13.2. The maximum Gasteiger partial charge on any atom is 0.133 e. The minimum absolute atomic E-state index is 0.514. The average molecular weight is 318 g/mol. The fraction of sp³-hybridized carbons (Fsp3) is 0.615. The average Bonchev–Trinajstić information content (AvgIpc) is 2.30. The second-order valence-electron chi connectivity index (χ2n) is 4.94. The SMILES string of the molecule is CC1CCN(c2ncc(Br)cc2CCl)C(C)C1. The van der Waals surface area contributed by atoms with E-state index < -0.39 is 0 Å². The topological polar surface area (TPSA) is 16.1 Å². The van der Waals surface area contributed by atoms with Gasteiger partial charge in [0.05, 0.1) is 5.88 Å². The van der Waals surface area contributed by atoms with Crippen molar-refractivity contribution in [2.75, 3.05) is 11.4 Å². The molecule has 2 unspecified atom stereocenters. The molecule has 0 aliphatic carbocycles. The van der Waals surface area contributed by atoms with Gasteiger partial charge < -0.3 is 4.90 Å². The molecular formula is C13H18BrClN2. The molecule has 2 rings (SSSR count). The Morgan fingerprint density at radius 2 is 2.29 bits per heavy atom. The summed E-state index contributed by atoms with van der Waals surface area (Å²) in [4.78, 5) is 6.94. The molecule has 1 aromatic heterocycles. The van der Waals surface area contributed by atoms with Crippen LogP contribution in [0.15, 0.2) is 16.7 Å². The van der Waals surface area contributed by atoms with Gasteiger partial charge in [-0.3, -0.25) is 0 Å². The third-order valence-electron chi connectivity index (χ3n) is 3.46. The molecule has 1 aliphatic heterocycles. The van der Waals surface area contributed by atoms with Crippen molar-refractivity contribution in [3.8, 4) is 0 Å². The number of nitrogens with zero attached hydrogens (tertiary/aromatic N) is 2. The summed E-state index contributed by atoms with van der Waals surface area (Å²) < 4.78 is 0.995. The third kappa shape index (κ3) is 2.94. The van der Waals surface area contributed by atoms with Gasteiger partial charge in [-0.25, -0.2) is 4.98 Å². The molecule has 1 aromatic rings. The van der Waals surface area contributed by atoms with Gasteiger partial charge in [0.15, 0.2) is 0 Å². The van der Waals surface area contributed by atoms with Crippen molar-refractivity contribution < 1.29 is 0 Å². The number of rotatable bonds is 2. The van der Waals surface area contributed by atoms with Crippen LogP contribution in [0.3, 0.4) is 0 Å². The number of hydrogen-bond acceptors (Lipinski definition) is 2. The van der Waals surface area contributed by atoms with Gasteiger partial charge in [-0.15, -0.1) is 11.6 Å². The smallest absolute Gasteiger partial charge is 0.133 e. The Hall–Kier alpha value is -0.280. The van der Waals surface area contributed by atoms with Crippen molar-refractivity contribution in [3.63, 3.8) is 0 Å². The number of halogens is 2. The first-order valence-electron chi connectivity index (χ1n) is 6.09. The Morgan fingerprint density at radius 3 is 2.94 bits per heavy atom. The molecule has 2 nitrogen and oxygen atoms in total. The lowest BCUT2D eigenvalue weighted by Crippen LogP contribution is -2.41. The zero-order chi connectivity index (χ0) is 12.4. The fourth-order valence-electron chi connectivity index (χ4n) is 2.55. The predicted octanol–water partition coefficient (Wildman–Crippen LogP) is 4.21. The molecule has 17 heavy (non-hydrogen) atoms. The van der Waals surface area contributed by atoms with E-state index in [9.17, 15) is 0 Å². The molecule has 0 bridgehead atoms. The largest absolute Gasteiger partial charge is 0.354 e. The molecule has 1 aliphatic rings. The van der Waals surface area contributed by atoms with E-state index in [1.165, 1.54) is 12.8 Å². The molecule has 0 radical (unpaired) electrons. The molecule has 2 heterocycles. The highest BCUT2D eigenvalue weighted by atomic mass is 79.9. The highest BCUT2D eigenvalue weighted by Crippen LogP contribution is 2.30. The van der Waals surface area contributed by atoms with Gasteiger partial charge in [-0.1, -0.05) is 6.92 Å². The summed E-state index contributed by atoms with van der Waals surface area (Å²) >= 11 is 9.46. The van der Waals surface area contributed by atoms with E-state index in [1.807, 2.05) is 6.20 Å². The number of anilines is 1. The van der Waals surface area contributed by atoms with Crippen LogP contribution >= 0.6 is 27.5 Å². The maximum atomic E-state index is 6.01. The number of aromatic nitrogens is 1. The minimum atomic E-state index is 0.514. The van der Waals surface area contributed by atoms with Crippen molar-refractivity contribution >= 4 is 33.3 Å². The molecule has 1 fully saturated rings. The number of pyridine rings is 1. The quantitative estimate of drug-likeness (QED) is 0.760. The van der Waals surface area contributed by atoms with E-state index in [-0.39, 0.29) is 0 Å². The second-order valence-corrected chi connectivity index (χ2v) is 6.12. The van der Waals surface area contributed by atoms with Crippen molar-refractivity contribution in [1.29, 1.82) is 0 Å². The lowest BCUT2D eigenvalue weighted by Gasteiger charge is -2.38. The molecule has 4 heteroatoms. The first-order valence-corrected chi connectivity index (χ1v) is 7.41. The van der Waals surface area contributed by atoms with E-state index in [4.69, 9.17) is 11.6 Å². The summed E-state index contributed by atoms with van der Waals surface area (Å²) in [6.45, 7) is 5.68. The van der Waals surface area contributed by atoms with E-state index in [2.05, 4.69) is 45.7 Å². The van der Waals surface area contributed by atoms with E-state index in [1.54, 1.807) is 0 Å². The third-order valence-corrected chi connectivity index (χ3v) is 4.19. The Morgan fingerprint density at radius 1 is 1.53 bits per heavy atom. The highest BCUT2D eigenvalue weighted by Gasteiger charge is 2.25. The van der Waals surface area contributed by atoms with Crippen LogP contribution in [0.4, 0.5) is 5.82 Å². The summed E-state index contributed by atoms with van der Waals surface area (Å²) in [6.07, 6.45) is 4.33. The Balaban J connectivity index is 2.27. The van der Waals surface area contributed by atoms with Crippen molar-refractivity contribution in [3.05, 3.63) is 22.3 Å². The van der Waals surface area contributed by atoms with E-state index in [0.29, 0.717) is 11.9 Å².